The Morgan fingerprint density at radius 3 is 2.88 bits per heavy atom. The molecule has 0 N–H and O–H groups in total. The summed E-state index contributed by atoms with van der Waals surface area (Å²) < 4.78 is 5.47. The highest BCUT2D eigenvalue weighted by atomic mass is 79.9. The molecule has 0 heterocycles. The van der Waals surface area contributed by atoms with Crippen LogP contribution in [0.5, 0.6) is 5.75 Å². The third-order valence-electron chi connectivity index (χ3n) is 2.05. The van der Waals surface area contributed by atoms with Gasteiger partial charge in [0.15, 0.2) is 6.29 Å². The minimum atomic E-state index is 0.429. The van der Waals surface area contributed by atoms with Crippen LogP contribution < -0.4 is 4.74 Å². The molecule has 0 spiro atoms. The Balaban J connectivity index is 2.65. The zero-order valence-electron chi connectivity index (χ0n) is 8.78. The molecule has 0 aliphatic rings. The van der Waals surface area contributed by atoms with Crippen LogP contribution in [0.25, 0.3) is 0 Å². The van der Waals surface area contributed by atoms with Gasteiger partial charge in [0.05, 0.1) is 23.8 Å². The first-order valence-corrected chi connectivity index (χ1v) is 6.12. The second kappa shape index (κ2) is 7.02. The lowest BCUT2D eigenvalue weighted by Crippen LogP contribution is -2.00. The number of benzene rings is 1. The molecular formula is C12H12BrNO2. The van der Waals surface area contributed by atoms with E-state index in [1.54, 1.807) is 12.1 Å². The molecule has 84 valence electrons. The summed E-state index contributed by atoms with van der Waals surface area (Å²) in [6.45, 7) is 0.582. The summed E-state index contributed by atoms with van der Waals surface area (Å²) in [7, 11) is 0. The van der Waals surface area contributed by atoms with Gasteiger partial charge in [-0.3, -0.25) is 4.79 Å². The molecule has 0 atom stereocenters. The summed E-state index contributed by atoms with van der Waals surface area (Å²) in [4.78, 5) is 10.8. The maximum absolute atomic E-state index is 10.8. The average Bonchev–Trinajstić information content (AvgIpc) is 2.34. The summed E-state index contributed by atoms with van der Waals surface area (Å²) >= 11 is 3.34. The van der Waals surface area contributed by atoms with Gasteiger partial charge in [-0.2, -0.15) is 5.26 Å². The molecule has 0 amide bonds. The highest BCUT2D eigenvalue weighted by Crippen LogP contribution is 2.18. The van der Waals surface area contributed by atoms with Crippen LogP contribution in [-0.2, 0) is 0 Å². The maximum atomic E-state index is 10.8. The first-order valence-electron chi connectivity index (χ1n) is 5.00. The third-order valence-corrected chi connectivity index (χ3v) is 2.61. The first kappa shape index (κ1) is 12.7. The summed E-state index contributed by atoms with van der Waals surface area (Å²) in [5.41, 5.74) is 0.896. The van der Waals surface area contributed by atoms with E-state index >= 15 is 0 Å². The average molecular weight is 282 g/mol. The van der Waals surface area contributed by atoms with Gasteiger partial charge in [-0.15, -0.1) is 0 Å². The van der Waals surface area contributed by atoms with Crippen LogP contribution in [0.2, 0.25) is 0 Å². The van der Waals surface area contributed by atoms with Crippen molar-refractivity contribution in [3.05, 3.63) is 29.3 Å². The fraction of sp³-hybridized carbons (Fsp3) is 0.333. The van der Waals surface area contributed by atoms with Crippen molar-refractivity contribution in [2.45, 2.75) is 12.8 Å². The van der Waals surface area contributed by atoms with Crippen LogP contribution in [0.3, 0.4) is 0 Å². The van der Waals surface area contributed by atoms with Gasteiger partial charge < -0.3 is 4.74 Å². The van der Waals surface area contributed by atoms with Gasteiger partial charge in [-0.25, -0.2) is 0 Å². The number of rotatable bonds is 6. The predicted octanol–water partition coefficient (Wildman–Crippen LogP) is 2.92. The number of halogens is 1. The summed E-state index contributed by atoms with van der Waals surface area (Å²) in [5, 5.41) is 9.63. The molecule has 16 heavy (non-hydrogen) atoms. The molecule has 0 bridgehead atoms. The molecule has 0 aliphatic heterocycles. The molecule has 1 aromatic carbocycles. The number of alkyl halides is 1. The van der Waals surface area contributed by atoms with E-state index in [-0.39, 0.29) is 0 Å². The van der Waals surface area contributed by atoms with E-state index < -0.39 is 0 Å². The monoisotopic (exact) mass is 281 g/mol. The van der Waals surface area contributed by atoms with Crippen LogP contribution in [0.1, 0.15) is 28.8 Å². The van der Waals surface area contributed by atoms with Crippen molar-refractivity contribution in [1.82, 2.24) is 0 Å². The molecule has 0 fully saturated rings. The van der Waals surface area contributed by atoms with Crippen molar-refractivity contribution in [3.63, 3.8) is 0 Å². The second-order valence-electron chi connectivity index (χ2n) is 3.23. The number of hydrogen-bond acceptors (Lipinski definition) is 3. The normalized spacial score (nSPS) is 9.50. The zero-order valence-corrected chi connectivity index (χ0v) is 10.4. The second-order valence-corrected chi connectivity index (χ2v) is 4.02. The minimum Gasteiger partial charge on any atom is -0.493 e. The Morgan fingerprint density at radius 2 is 2.25 bits per heavy atom. The fourth-order valence-electron chi connectivity index (χ4n) is 1.22. The maximum Gasteiger partial charge on any atom is 0.153 e. The zero-order chi connectivity index (χ0) is 11.8. The van der Waals surface area contributed by atoms with Crippen molar-refractivity contribution in [1.29, 1.82) is 5.26 Å². The Hall–Kier alpha value is -1.34. The van der Waals surface area contributed by atoms with Crippen molar-refractivity contribution in [3.8, 4) is 11.8 Å². The van der Waals surface area contributed by atoms with Crippen molar-refractivity contribution < 1.29 is 9.53 Å². The summed E-state index contributed by atoms with van der Waals surface area (Å²) in [6, 6.07) is 6.83. The first-order chi connectivity index (χ1) is 7.81. The number of hydrogen-bond donors (Lipinski definition) is 0. The lowest BCUT2D eigenvalue weighted by Gasteiger charge is -2.07. The van der Waals surface area contributed by atoms with E-state index in [0.717, 1.165) is 18.2 Å². The van der Waals surface area contributed by atoms with Gasteiger partial charge in [0.1, 0.15) is 5.75 Å². The van der Waals surface area contributed by atoms with Crippen molar-refractivity contribution >= 4 is 22.2 Å². The molecule has 4 heteroatoms. The smallest absolute Gasteiger partial charge is 0.153 e. The Morgan fingerprint density at radius 1 is 1.44 bits per heavy atom. The summed E-state index contributed by atoms with van der Waals surface area (Å²) in [6.07, 6.45) is 2.68. The van der Waals surface area contributed by atoms with Gasteiger partial charge in [-0.1, -0.05) is 15.9 Å². The molecule has 0 saturated heterocycles. The molecule has 0 unspecified atom stereocenters. The predicted molar refractivity (Wildman–Crippen MR) is 65.1 cm³/mol. The molecule has 1 aromatic rings. The number of carbonyl (C=O) groups excluding carboxylic acids is 1. The quantitative estimate of drug-likeness (QED) is 0.458. The highest BCUT2D eigenvalue weighted by Gasteiger charge is 2.04. The van der Waals surface area contributed by atoms with E-state index in [1.807, 2.05) is 6.07 Å². The SMILES string of the molecule is N#Cc1ccc(OCCCCBr)c(C=O)c1. The minimum absolute atomic E-state index is 0.429. The number of unbranched alkanes of at least 4 members (excludes halogenated alkanes) is 1. The van der Waals surface area contributed by atoms with Crippen LogP contribution >= 0.6 is 15.9 Å². The van der Waals surface area contributed by atoms with Gasteiger partial charge >= 0.3 is 0 Å². The number of aldehydes is 1. The van der Waals surface area contributed by atoms with E-state index in [0.29, 0.717) is 29.8 Å². The van der Waals surface area contributed by atoms with Crippen molar-refractivity contribution in [2.75, 3.05) is 11.9 Å². The molecule has 0 aliphatic carbocycles. The Bertz CT molecular complexity index is 398. The molecule has 0 saturated carbocycles. The highest BCUT2D eigenvalue weighted by molar-refractivity contribution is 9.09. The van der Waals surface area contributed by atoms with Gasteiger partial charge in [0, 0.05) is 5.33 Å². The molecular weight excluding hydrogens is 270 g/mol. The van der Waals surface area contributed by atoms with Crippen LogP contribution in [-0.4, -0.2) is 18.2 Å². The van der Waals surface area contributed by atoms with Crippen molar-refractivity contribution in [2.24, 2.45) is 0 Å². The standard InChI is InChI=1S/C12H12BrNO2/c13-5-1-2-6-16-12-4-3-10(8-14)7-11(12)9-15/h3-4,7,9H,1-2,5-6H2. The summed E-state index contributed by atoms with van der Waals surface area (Å²) in [5.74, 6) is 0.545. The number of nitrogens with zero attached hydrogens (tertiary/aromatic N) is 1. The van der Waals surface area contributed by atoms with E-state index in [2.05, 4.69) is 15.9 Å². The van der Waals surface area contributed by atoms with E-state index in [4.69, 9.17) is 10.00 Å². The number of carbonyl (C=O) groups is 1. The molecule has 0 aromatic heterocycles. The number of nitriles is 1. The van der Waals surface area contributed by atoms with E-state index in [9.17, 15) is 4.79 Å². The van der Waals surface area contributed by atoms with E-state index in [1.165, 1.54) is 6.07 Å². The van der Waals surface area contributed by atoms with Gasteiger partial charge in [0.2, 0.25) is 0 Å². The lowest BCUT2D eigenvalue weighted by molar-refractivity contribution is 0.111. The fourth-order valence-corrected chi connectivity index (χ4v) is 1.62. The largest absolute Gasteiger partial charge is 0.493 e. The molecule has 3 nitrogen and oxygen atoms in total. The van der Waals surface area contributed by atoms with Gasteiger partial charge in [0.25, 0.3) is 0 Å². The molecule has 1 rings (SSSR count). The Kier molecular flexibility index (Phi) is 5.58. The van der Waals surface area contributed by atoms with Crippen LogP contribution in [0, 0.1) is 11.3 Å². The van der Waals surface area contributed by atoms with Crippen LogP contribution in [0.15, 0.2) is 18.2 Å². The Labute approximate surface area is 103 Å². The molecule has 0 radical (unpaired) electrons. The third kappa shape index (κ3) is 3.67. The van der Waals surface area contributed by atoms with Gasteiger partial charge in [-0.05, 0) is 31.0 Å². The lowest BCUT2D eigenvalue weighted by atomic mass is 10.1. The topological polar surface area (TPSA) is 50.1 Å². The van der Waals surface area contributed by atoms with Crippen LogP contribution in [0.4, 0.5) is 0 Å². The number of ether oxygens (including phenoxy) is 1.